The van der Waals surface area contributed by atoms with Crippen LogP contribution in [-0.4, -0.2) is 29.8 Å². The van der Waals surface area contributed by atoms with Gasteiger partial charge in [-0.2, -0.15) is 0 Å². The summed E-state index contributed by atoms with van der Waals surface area (Å²) in [7, 11) is 3.32. The molecule has 0 spiro atoms. The average Bonchev–Trinajstić information content (AvgIpc) is 2.46. The molecule has 1 saturated carbocycles. The summed E-state index contributed by atoms with van der Waals surface area (Å²) in [6, 6.07) is 1.54. The largest absolute Gasteiger partial charge is 0.393 e. The molecule has 22 heavy (non-hydrogen) atoms. The average molecular weight is 305 g/mol. The van der Waals surface area contributed by atoms with Crippen molar-refractivity contribution in [2.45, 2.75) is 44.9 Å². The van der Waals surface area contributed by atoms with Gasteiger partial charge in [0.05, 0.1) is 10.5 Å². The molecule has 0 radical (unpaired) electrons. The first-order valence-electron chi connectivity index (χ1n) is 7.63. The number of rotatable bonds is 3. The van der Waals surface area contributed by atoms with E-state index in [0.29, 0.717) is 16.7 Å². The summed E-state index contributed by atoms with van der Waals surface area (Å²) < 4.78 is 0. The highest BCUT2D eigenvalue weighted by Crippen LogP contribution is 2.43. The molecule has 1 aliphatic rings. The van der Waals surface area contributed by atoms with Gasteiger partial charge in [0.15, 0.2) is 0 Å². The van der Waals surface area contributed by atoms with Crippen molar-refractivity contribution >= 4 is 17.3 Å². The zero-order valence-electron chi connectivity index (χ0n) is 13.4. The zero-order chi connectivity index (χ0) is 16.4. The summed E-state index contributed by atoms with van der Waals surface area (Å²) in [6.07, 6.45) is 4.95. The van der Waals surface area contributed by atoms with Crippen LogP contribution in [0.4, 0.5) is 11.4 Å². The number of amides is 1. The van der Waals surface area contributed by atoms with Gasteiger partial charge in [0.25, 0.3) is 11.6 Å². The Balaban J connectivity index is 2.72. The Kier molecular flexibility index (Phi) is 4.68. The van der Waals surface area contributed by atoms with Crippen molar-refractivity contribution in [3.63, 3.8) is 0 Å². The van der Waals surface area contributed by atoms with Crippen LogP contribution in [0, 0.1) is 17.0 Å². The molecule has 1 amide bonds. The standard InChI is InChI=1S/C16H23N3O3/c1-10-9-12(17)15(19(21)22)14(11-7-5-4-6-8-11)13(10)16(20)18(2)3/h9,11H,4-8,17H2,1-3H3. The second-order valence-electron chi connectivity index (χ2n) is 6.21. The van der Waals surface area contributed by atoms with E-state index in [1.807, 2.05) is 0 Å². The Morgan fingerprint density at radius 3 is 2.41 bits per heavy atom. The Bertz CT molecular complexity index is 605. The maximum atomic E-state index is 12.6. The number of carbonyl (C=O) groups is 1. The molecule has 0 aromatic heterocycles. The lowest BCUT2D eigenvalue weighted by molar-refractivity contribution is -0.384. The third kappa shape index (κ3) is 2.91. The number of carbonyl (C=O) groups excluding carboxylic acids is 1. The molecule has 6 heteroatoms. The molecule has 0 aliphatic heterocycles. The molecule has 0 bridgehead atoms. The number of hydrogen-bond acceptors (Lipinski definition) is 4. The molecule has 0 atom stereocenters. The number of anilines is 1. The van der Waals surface area contributed by atoms with E-state index in [4.69, 9.17) is 5.73 Å². The van der Waals surface area contributed by atoms with Crippen molar-refractivity contribution in [3.8, 4) is 0 Å². The van der Waals surface area contributed by atoms with Gasteiger partial charge in [0, 0.05) is 19.7 Å². The molecule has 6 nitrogen and oxygen atoms in total. The van der Waals surface area contributed by atoms with E-state index in [9.17, 15) is 14.9 Å². The molecule has 0 heterocycles. The van der Waals surface area contributed by atoms with E-state index in [0.717, 1.165) is 32.1 Å². The lowest BCUT2D eigenvalue weighted by Crippen LogP contribution is -2.26. The van der Waals surface area contributed by atoms with Crippen LogP contribution in [0.3, 0.4) is 0 Å². The van der Waals surface area contributed by atoms with Crippen molar-refractivity contribution in [2.24, 2.45) is 0 Å². The van der Waals surface area contributed by atoms with E-state index < -0.39 is 4.92 Å². The summed E-state index contributed by atoms with van der Waals surface area (Å²) in [6.45, 7) is 1.79. The fourth-order valence-corrected chi connectivity index (χ4v) is 3.36. The van der Waals surface area contributed by atoms with Crippen LogP contribution in [0.2, 0.25) is 0 Å². The molecule has 2 N–H and O–H groups in total. The minimum atomic E-state index is -0.439. The first-order chi connectivity index (χ1) is 10.3. The van der Waals surface area contributed by atoms with E-state index in [2.05, 4.69) is 0 Å². The van der Waals surface area contributed by atoms with Crippen LogP contribution in [0.15, 0.2) is 6.07 Å². The molecular weight excluding hydrogens is 282 g/mol. The molecule has 120 valence electrons. The predicted molar refractivity (Wildman–Crippen MR) is 86.1 cm³/mol. The normalized spacial score (nSPS) is 15.6. The Morgan fingerprint density at radius 1 is 1.32 bits per heavy atom. The summed E-state index contributed by atoms with van der Waals surface area (Å²) >= 11 is 0. The van der Waals surface area contributed by atoms with E-state index in [-0.39, 0.29) is 23.2 Å². The number of nitro benzene ring substituents is 1. The topological polar surface area (TPSA) is 89.5 Å². The lowest BCUT2D eigenvalue weighted by Gasteiger charge is -2.26. The highest BCUT2D eigenvalue weighted by molar-refractivity contribution is 5.99. The minimum absolute atomic E-state index is 0.0373. The molecule has 0 unspecified atom stereocenters. The number of hydrogen-bond donors (Lipinski definition) is 1. The van der Waals surface area contributed by atoms with Crippen molar-refractivity contribution < 1.29 is 9.72 Å². The number of nitrogen functional groups attached to an aromatic ring is 1. The zero-order valence-corrected chi connectivity index (χ0v) is 13.4. The number of nitrogens with zero attached hydrogens (tertiary/aromatic N) is 2. The third-order valence-corrected chi connectivity index (χ3v) is 4.38. The highest BCUT2D eigenvalue weighted by atomic mass is 16.6. The van der Waals surface area contributed by atoms with Gasteiger partial charge in [-0.25, -0.2) is 0 Å². The monoisotopic (exact) mass is 305 g/mol. The van der Waals surface area contributed by atoms with Crippen molar-refractivity contribution in [1.29, 1.82) is 0 Å². The van der Waals surface area contributed by atoms with E-state index in [1.54, 1.807) is 27.1 Å². The summed E-state index contributed by atoms with van der Waals surface area (Å²) in [4.78, 5) is 25.1. The van der Waals surface area contributed by atoms with Gasteiger partial charge in [0.1, 0.15) is 5.69 Å². The highest BCUT2D eigenvalue weighted by Gasteiger charge is 2.33. The van der Waals surface area contributed by atoms with Gasteiger partial charge >= 0.3 is 0 Å². The van der Waals surface area contributed by atoms with E-state index in [1.165, 1.54) is 4.90 Å². The lowest BCUT2D eigenvalue weighted by atomic mass is 9.79. The Hall–Kier alpha value is -2.11. The Labute approximate surface area is 130 Å². The van der Waals surface area contributed by atoms with Crippen LogP contribution in [-0.2, 0) is 0 Å². The number of benzene rings is 1. The second-order valence-corrected chi connectivity index (χ2v) is 6.21. The predicted octanol–water partition coefficient (Wildman–Crippen LogP) is 3.23. The van der Waals surface area contributed by atoms with Crippen molar-refractivity contribution in [3.05, 3.63) is 32.9 Å². The fraction of sp³-hybridized carbons (Fsp3) is 0.562. The molecular formula is C16H23N3O3. The third-order valence-electron chi connectivity index (χ3n) is 4.38. The van der Waals surface area contributed by atoms with Gasteiger partial charge in [0.2, 0.25) is 0 Å². The summed E-state index contributed by atoms with van der Waals surface area (Å²) in [5.74, 6) is -0.156. The second kappa shape index (κ2) is 6.34. The van der Waals surface area contributed by atoms with Crippen molar-refractivity contribution in [1.82, 2.24) is 4.90 Å². The fourth-order valence-electron chi connectivity index (χ4n) is 3.36. The van der Waals surface area contributed by atoms with Gasteiger partial charge in [-0.15, -0.1) is 0 Å². The summed E-state index contributed by atoms with van der Waals surface area (Å²) in [5, 5.41) is 11.5. The number of nitrogens with two attached hydrogens (primary N) is 1. The Morgan fingerprint density at radius 2 is 1.91 bits per heavy atom. The maximum absolute atomic E-state index is 12.6. The van der Waals surface area contributed by atoms with E-state index >= 15 is 0 Å². The van der Waals surface area contributed by atoms with Gasteiger partial charge in [-0.05, 0) is 37.3 Å². The van der Waals surface area contributed by atoms with Crippen LogP contribution in [0.1, 0.15) is 59.5 Å². The summed E-state index contributed by atoms with van der Waals surface area (Å²) in [5.41, 5.74) is 7.69. The number of aryl methyl sites for hydroxylation is 1. The molecule has 1 aromatic rings. The molecule has 1 fully saturated rings. The van der Waals surface area contributed by atoms with Crippen LogP contribution >= 0.6 is 0 Å². The quantitative estimate of drug-likeness (QED) is 0.527. The maximum Gasteiger partial charge on any atom is 0.296 e. The van der Waals surface area contributed by atoms with Crippen LogP contribution < -0.4 is 5.73 Å². The minimum Gasteiger partial charge on any atom is -0.393 e. The molecule has 2 rings (SSSR count). The van der Waals surface area contributed by atoms with Crippen LogP contribution in [0.5, 0.6) is 0 Å². The smallest absolute Gasteiger partial charge is 0.296 e. The number of nitro groups is 1. The first kappa shape index (κ1) is 16.3. The van der Waals surface area contributed by atoms with Gasteiger partial charge < -0.3 is 10.6 Å². The van der Waals surface area contributed by atoms with Gasteiger partial charge in [-0.1, -0.05) is 19.3 Å². The SMILES string of the molecule is Cc1cc(N)c([N+](=O)[O-])c(C2CCCCC2)c1C(=O)N(C)C. The molecule has 1 aliphatic carbocycles. The van der Waals surface area contributed by atoms with Crippen molar-refractivity contribution in [2.75, 3.05) is 19.8 Å². The molecule has 1 aromatic carbocycles. The first-order valence-corrected chi connectivity index (χ1v) is 7.63. The molecule has 0 saturated heterocycles. The van der Waals surface area contributed by atoms with Gasteiger partial charge in [-0.3, -0.25) is 14.9 Å². The van der Waals surface area contributed by atoms with Crippen LogP contribution in [0.25, 0.3) is 0 Å².